The van der Waals surface area contributed by atoms with Gasteiger partial charge in [-0.1, -0.05) is 11.8 Å². The summed E-state index contributed by atoms with van der Waals surface area (Å²) in [6, 6.07) is 5.85. The Balaban J connectivity index is 1.65. The summed E-state index contributed by atoms with van der Waals surface area (Å²) in [5.41, 5.74) is 1.89. The Kier molecular flexibility index (Phi) is 4.80. The van der Waals surface area contributed by atoms with E-state index < -0.39 is 11.2 Å². The van der Waals surface area contributed by atoms with Crippen molar-refractivity contribution in [1.82, 2.24) is 5.32 Å². The van der Waals surface area contributed by atoms with E-state index in [1.165, 1.54) is 0 Å². The summed E-state index contributed by atoms with van der Waals surface area (Å²) in [5, 5.41) is 18.9. The second kappa shape index (κ2) is 6.87. The summed E-state index contributed by atoms with van der Waals surface area (Å²) in [6.07, 6.45) is 3.27. The van der Waals surface area contributed by atoms with Crippen LogP contribution in [0.4, 0.5) is 0 Å². The molecule has 2 N–H and O–H groups in total. The van der Waals surface area contributed by atoms with Gasteiger partial charge in [0, 0.05) is 0 Å². The normalized spacial score (nSPS) is 23.4. The van der Waals surface area contributed by atoms with Crippen LogP contribution in [-0.4, -0.2) is 39.2 Å². The van der Waals surface area contributed by atoms with Gasteiger partial charge in [0.2, 0.25) is 5.91 Å². The van der Waals surface area contributed by atoms with Gasteiger partial charge in [-0.2, -0.15) is 5.10 Å². The topological polar surface area (TPSA) is 100 Å². The molecule has 1 atom stereocenters. The maximum atomic E-state index is 11.6. The molecular formula is C17H19N3O4S. The molecule has 0 aromatic heterocycles. The van der Waals surface area contributed by atoms with E-state index >= 15 is 0 Å². The van der Waals surface area contributed by atoms with Gasteiger partial charge >= 0.3 is 5.97 Å². The summed E-state index contributed by atoms with van der Waals surface area (Å²) in [5.74, 6) is -0.471. The molecule has 1 fully saturated rings. The number of ether oxygens (including phenoxy) is 1. The number of amidine groups is 1. The number of hydrogen-bond acceptors (Lipinski definition) is 6. The van der Waals surface area contributed by atoms with Gasteiger partial charge in [-0.3, -0.25) is 9.59 Å². The minimum absolute atomic E-state index is 0.140. The van der Waals surface area contributed by atoms with Crippen molar-refractivity contribution in [3.63, 3.8) is 0 Å². The summed E-state index contributed by atoms with van der Waals surface area (Å²) < 4.78 is 5.94. The smallest absolute Gasteiger partial charge is 0.305 e. The first kappa shape index (κ1) is 17.5. The molecule has 7 nitrogen and oxygen atoms in total. The molecule has 8 heteroatoms. The van der Waals surface area contributed by atoms with Crippen LogP contribution >= 0.6 is 11.8 Å². The Labute approximate surface area is 149 Å². The number of benzene rings is 1. The largest absolute Gasteiger partial charge is 0.488 e. The molecule has 1 aromatic rings. The Hall–Kier alpha value is -2.35. The van der Waals surface area contributed by atoms with Gasteiger partial charge in [-0.25, -0.2) is 0 Å². The zero-order valence-electron chi connectivity index (χ0n) is 14.0. The molecule has 2 aliphatic rings. The number of aliphatic carboxylic acids is 1. The molecule has 1 saturated heterocycles. The van der Waals surface area contributed by atoms with Crippen LogP contribution in [-0.2, 0) is 16.0 Å². The molecule has 0 bridgehead atoms. The fraction of sp³-hybridized carbons (Fsp3) is 0.412. The predicted molar refractivity (Wildman–Crippen MR) is 96.3 cm³/mol. The first-order valence-corrected chi connectivity index (χ1v) is 8.83. The molecule has 0 radical (unpaired) electrons. The molecule has 3 rings (SSSR count). The van der Waals surface area contributed by atoms with Gasteiger partial charge in [0.05, 0.1) is 12.6 Å². The number of nitrogens with one attached hydrogen (secondary N) is 1. The van der Waals surface area contributed by atoms with E-state index in [-0.39, 0.29) is 17.9 Å². The van der Waals surface area contributed by atoms with Crippen LogP contribution in [0.3, 0.4) is 0 Å². The standard InChI is InChI=1S/C17H19N3O4S/c1-17(2)6-5-11-7-10(3-4-12(11)24-17)9-18-20-16-19-15(23)13(25-16)8-14(21)22/h3-4,7,9,13H,5-6,8H2,1-2H3,(H,21,22)(H,19,20,23). The SMILES string of the molecule is CC1(C)CCc2cc(C=NN=C3NC(=O)C(CC(=O)O)S3)ccc2O1. The van der Waals surface area contributed by atoms with Crippen molar-refractivity contribution in [3.05, 3.63) is 29.3 Å². The number of carboxylic acid groups (broad SMARTS) is 1. The van der Waals surface area contributed by atoms with Crippen molar-refractivity contribution < 1.29 is 19.4 Å². The van der Waals surface area contributed by atoms with Crippen LogP contribution in [0.1, 0.15) is 37.8 Å². The fourth-order valence-electron chi connectivity index (χ4n) is 2.65. The summed E-state index contributed by atoms with van der Waals surface area (Å²) in [4.78, 5) is 22.3. The average Bonchev–Trinajstić information content (AvgIpc) is 2.86. The number of nitrogens with zero attached hydrogens (tertiary/aromatic N) is 2. The van der Waals surface area contributed by atoms with Crippen LogP contribution in [0.25, 0.3) is 0 Å². The lowest BCUT2D eigenvalue weighted by atomic mass is 9.93. The van der Waals surface area contributed by atoms with E-state index in [1.54, 1.807) is 6.21 Å². The van der Waals surface area contributed by atoms with Crippen LogP contribution in [0, 0.1) is 0 Å². The van der Waals surface area contributed by atoms with E-state index in [2.05, 4.69) is 29.4 Å². The lowest BCUT2D eigenvalue weighted by molar-refractivity contribution is -0.138. The fourth-order valence-corrected chi connectivity index (χ4v) is 3.57. The summed E-state index contributed by atoms with van der Waals surface area (Å²) >= 11 is 1.08. The van der Waals surface area contributed by atoms with Crippen LogP contribution in [0.5, 0.6) is 5.75 Å². The van der Waals surface area contributed by atoms with Crippen LogP contribution in [0.15, 0.2) is 28.4 Å². The Morgan fingerprint density at radius 2 is 2.32 bits per heavy atom. The lowest BCUT2D eigenvalue weighted by Crippen LogP contribution is -2.32. The molecular weight excluding hydrogens is 342 g/mol. The van der Waals surface area contributed by atoms with Crippen molar-refractivity contribution in [1.29, 1.82) is 0 Å². The maximum absolute atomic E-state index is 11.6. The zero-order chi connectivity index (χ0) is 18.0. The Morgan fingerprint density at radius 1 is 1.52 bits per heavy atom. The lowest BCUT2D eigenvalue weighted by Gasteiger charge is -2.32. The Bertz CT molecular complexity index is 773. The van der Waals surface area contributed by atoms with Gasteiger partial charge in [0.15, 0.2) is 5.17 Å². The van der Waals surface area contributed by atoms with Crippen molar-refractivity contribution in [2.45, 2.75) is 44.0 Å². The average molecular weight is 361 g/mol. The zero-order valence-corrected chi connectivity index (χ0v) is 14.8. The highest BCUT2D eigenvalue weighted by Crippen LogP contribution is 2.33. The summed E-state index contributed by atoms with van der Waals surface area (Å²) in [7, 11) is 0. The number of aryl methyl sites for hydroxylation is 1. The van der Waals surface area contributed by atoms with Crippen molar-refractivity contribution in [2.75, 3.05) is 0 Å². The first-order chi connectivity index (χ1) is 11.8. The third-order valence-corrected chi connectivity index (χ3v) is 5.03. The number of carbonyl (C=O) groups is 2. The quantitative estimate of drug-likeness (QED) is 0.632. The van der Waals surface area contributed by atoms with E-state index in [0.29, 0.717) is 5.17 Å². The predicted octanol–water partition coefficient (Wildman–Crippen LogP) is 2.19. The van der Waals surface area contributed by atoms with E-state index in [1.807, 2.05) is 18.2 Å². The minimum atomic E-state index is -1.02. The molecule has 2 heterocycles. The highest BCUT2D eigenvalue weighted by molar-refractivity contribution is 8.15. The van der Waals surface area contributed by atoms with Gasteiger partial charge in [-0.15, -0.1) is 5.10 Å². The van der Waals surface area contributed by atoms with E-state index in [4.69, 9.17) is 9.84 Å². The van der Waals surface area contributed by atoms with Gasteiger partial charge in [0.1, 0.15) is 16.6 Å². The molecule has 132 valence electrons. The van der Waals surface area contributed by atoms with Gasteiger partial charge in [0.25, 0.3) is 0 Å². The molecule has 25 heavy (non-hydrogen) atoms. The second-order valence-corrected chi connectivity index (χ2v) is 7.76. The van der Waals surface area contributed by atoms with Crippen LogP contribution < -0.4 is 10.1 Å². The van der Waals surface area contributed by atoms with Crippen molar-refractivity contribution in [3.8, 4) is 5.75 Å². The van der Waals surface area contributed by atoms with Crippen LogP contribution in [0.2, 0.25) is 0 Å². The number of thioether (sulfide) groups is 1. The maximum Gasteiger partial charge on any atom is 0.305 e. The van der Waals surface area contributed by atoms with E-state index in [0.717, 1.165) is 41.5 Å². The monoisotopic (exact) mass is 361 g/mol. The number of amides is 1. The van der Waals surface area contributed by atoms with Crippen molar-refractivity contribution >= 4 is 35.0 Å². The third kappa shape index (κ3) is 4.39. The molecule has 0 saturated carbocycles. The molecule has 1 amide bonds. The molecule has 0 spiro atoms. The molecule has 1 aromatic carbocycles. The third-order valence-electron chi connectivity index (χ3n) is 3.96. The number of rotatable bonds is 4. The van der Waals surface area contributed by atoms with Crippen molar-refractivity contribution in [2.24, 2.45) is 10.2 Å². The van der Waals surface area contributed by atoms with Gasteiger partial charge < -0.3 is 15.2 Å². The number of carbonyl (C=O) groups excluding carboxylic acids is 1. The number of fused-ring (bicyclic) bond motifs is 1. The number of carboxylic acids is 1. The molecule has 2 aliphatic heterocycles. The number of hydrogen-bond donors (Lipinski definition) is 2. The van der Waals surface area contributed by atoms with Gasteiger partial charge in [-0.05, 0) is 56.0 Å². The molecule has 0 aliphatic carbocycles. The highest BCUT2D eigenvalue weighted by atomic mass is 32.2. The second-order valence-electron chi connectivity index (χ2n) is 6.57. The molecule has 1 unspecified atom stereocenters. The first-order valence-electron chi connectivity index (χ1n) is 7.95. The Morgan fingerprint density at radius 3 is 3.08 bits per heavy atom. The summed E-state index contributed by atoms with van der Waals surface area (Å²) in [6.45, 7) is 4.15. The minimum Gasteiger partial charge on any atom is -0.488 e. The highest BCUT2D eigenvalue weighted by Gasteiger charge is 2.32. The van der Waals surface area contributed by atoms with E-state index in [9.17, 15) is 9.59 Å².